The summed E-state index contributed by atoms with van der Waals surface area (Å²) >= 11 is 0. The van der Waals surface area contributed by atoms with Gasteiger partial charge in [0.05, 0.1) is 10.9 Å². The van der Waals surface area contributed by atoms with Gasteiger partial charge in [-0.25, -0.2) is 4.98 Å². The zero-order valence-electron chi connectivity index (χ0n) is 16.9. The van der Waals surface area contributed by atoms with Crippen molar-refractivity contribution in [2.24, 2.45) is 0 Å². The van der Waals surface area contributed by atoms with Gasteiger partial charge >= 0.3 is 0 Å². The summed E-state index contributed by atoms with van der Waals surface area (Å²) in [5, 5.41) is 4.46. The summed E-state index contributed by atoms with van der Waals surface area (Å²) in [4.78, 5) is 40.7. The van der Waals surface area contributed by atoms with E-state index < -0.39 is 0 Å². The number of amides is 1. The van der Waals surface area contributed by atoms with Crippen LogP contribution in [0.25, 0.3) is 22.3 Å². The van der Waals surface area contributed by atoms with Crippen LogP contribution in [0.4, 0.5) is 5.95 Å². The summed E-state index contributed by atoms with van der Waals surface area (Å²) in [6.07, 6.45) is 0. The van der Waals surface area contributed by atoms with Crippen LogP contribution in [0, 0.1) is 6.92 Å². The number of benzene rings is 2. The number of hydrogen-bond donors (Lipinski definition) is 1. The smallest absolute Gasteiger partial charge is 0.260 e. The van der Waals surface area contributed by atoms with E-state index in [0.717, 1.165) is 5.56 Å². The molecule has 31 heavy (non-hydrogen) atoms. The zero-order valence-corrected chi connectivity index (χ0v) is 16.9. The van der Waals surface area contributed by atoms with Gasteiger partial charge in [-0.15, -0.1) is 0 Å². The minimum Gasteiger partial charge on any atom is -0.339 e. The van der Waals surface area contributed by atoms with E-state index in [1.807, 2.05) is 40.1 Å². The molecule has 0 spiro atoms. The molecule has 0 bridgehead atoms. The maximum absolute atomic E-state index is 12.9. The lowest BCUT2D eigenvalue weighted by Gasteiger charge is -2.35. The van der Waals surface area contributed by atoms with Crippen molar-refractivity contribution in [2.75, 3.05) is 31.1 Å². The Morgan fingerprint density at radius 2 is 1.74 bits per heavy atom. The number of H-pyrrole nitrogens is 1. The number of rotatable bonds is 3. The van der Waals surface area contributed by atoms with Crippen LogP contribution in [0.5, 0.6) is 0 Å². The first-order valence-corrected chi connectivity index (χ1v) is 10.0. The Labute approximate surface area is 177 Å². The molecular weight excluding hydrogens is 396 g/mol. The lowest BCUT2D eigenvalue weighted by Crippen LogP contribution is -2.49. The van der Waals surface area contributed by atoms with Crippen LogP contribution >= 0.6 is 0 Å². The molecule has 1 N–H and O–H groups in total. The molecule has 4 aromatic rings. The van der Waals surface area contributed by atoms with Crippen molar-refractivity contribution >= 4 is 22.8 Å². The highest BCUT2D eigenvalue weighted by Crippen LogP contribution is 2.19. The standard InChI is InChI=1S/C22H20N6O3/c1-14-23-19(26-31-14)15-6-8-16(9-7-15)21(30)27-10-12-28(13-11-27)22-24-18-5-3-2-4-17(18)20(29)25-22/h2-9H,10-13H2,1H3,(H,24,25,29). The molecule has 2 aromatic carbocycles. The van der Waals surface area contributed by atoms with Crippen LogP contribution in [0.1, 0.15) is 16.2 Å². The van der Waals surface area contributed by atoms with Crippen LogP contribution in [0.3, 0.4) is 0 Å². The number of aromatic nitrogens is 4. The van der Waals surface area contributed by atoms with Gasteiger partial charge in [0, 0.05) is 44.2 Å². The van der Waals surface area contributed by atoms with E-state index in [-0.39, 0.29) is 11.5 Å². The summed E-state index contributed by atoms with van der Waals surface area (Å²) in [7, 11) is 0. The van der Waals surface area contributed by atoms with Crippen molar-refractivity contribution in [3.8, 4) is 11.4 Å². The van der Waals surface area contributed by atoms with Crippen molar-refractivity contribution in [1.29, 1.82) is 0 Å². The van der Waals surface area contributed by atoms with Crippen molar-refractivity contribution in [2.45, 2.75) is 6.92 Å². The summed E-state index contributed by atoms with van der Waals surface area (Å²) in [5.74, 6) is 1.50. The number of carbonyl (C=O) groups is 1. The maximum atomic E-state index is 12.9. The highest BCUT2D eigenvalue weighted by atomic mass is 16.5. The molecule has 0 atom stereocenters. The first-order valence-electron chi connectivity index (χ1n) is 10.0. The summed E-state index contributed by atoms with van der Waals surface area (Å²) in [6, 6.07) is 14.4. The Balaban J connectivity index is 1.27. The number of fused-ring (bicyclic) bond motifs is 1. The molecule has 0 radical (unpaired) electrons. The average molecular weight is 416 g/mol. The fraction of sp³-hybridized carbons (Fsp3) is 0.227. The van der Waals surface area contributed by atoms with E-state index in [0.29, 0.717) is 60.3 Å². The number of carbonyl (C=O) groups excluding carboxylic acids is 1. The predicted octanol–water partition coefficient (Wildman–Crippen LogP) is 2.24. The van der Waals surface area contributed by atoms with Crippen LogP contribution in [0.15, 0.2) is 57.8 Å². The Kier molecular flexibility index (Phi) is 4.70. The van der Waals surface area contributed by atoms with E-state index in [1.165, 1.54) is 0 Å². The molecule has 9 nitrogen and oxygen atoms in total. The monoisotopic (exact) mass is 416 g/mol. The largest absolute Gasteiger partial charge is 0.339 e. The van der Waals surface area contributed by atoms with Crippen LogP contribution < -0.4 is 10.5 Å². The first kappa shape index (κ1) is 19.0. The van der Waals surface area contributed by atoms with Crippen molar-refractivity contribution < 1.29 is 9.32 Å². The van der Waals surface area contributed by atoms with Gasteiger partial charge in [0.1, 0.15) is 0 Å². The number of hydrogen-bond acceptors (Lipinski definition) is 7. The van der Waals surface area contributed by atoms with E-state index in [1.54, 1.807) is 25.1 Å². The van der Waals surface area contributed by atoms with Gasteiger partial charge < -0.3 is 14.3 Å². The number of aryl methyl sites for hydroxylation is 1. The molecule has 1 aliphatic rings. The molecule has 9 heteroatoms. The molecule has 0 unspecified atom stereocenters. The second kappa shape index (κ2) is 7.67. The molecule has 1 fully saturated rings. The molecule has 2 aromatic heterocycles. The van der Waals surface area contributed by atoms with E-state index in [9.17, 15) is 9.59 Å². The van der Waals surface area contributed by atoms with Gasteiger partial charge in [-0.05, 0) is 24.3 Å². The topological polar surface area (TPSA) is 108 Å². The second-order valence-electron chi connectivity index (χ2n) is 7.40. The summed E-state index contributed by atoms with van der Waals surface area (Å²) < 4.78 is 5.00. The molecule has 156 valence electrons. The number of nitrogens with zero attached hydrogens (tertiary/aromatic N) is 5. The Bertz CT molecular complexity index is 1300. The quantitative estimate of drug-likeness (QED) is 0.546. The number of nitrogens with one attached hydrogen (secondary N) is 1. The summed E-state index contributed by atoms with van der Waals surface area (Å²) in [6.45, 7) is 4.00. The van der Waals surface area contributed by atoms with Gasteiger partial charge in [0.15, 0.2) is 0 Å². The molecule has 5 rings (SSSR count). The molecule has 0 saturated carbocycles. The SMILES string of the molecule is Cc1nc(-c2ccc(C(=O)N3CCN(c4nc5ccccc5c(=O)[nH]4)CC3)cc2)no1. The molecule has 3 heterocycles. The van der Waals surface area contributed by atoms with Crippen LogP contribution in [-0.2, 0) is 0 Å². The first-order chi connectivity index (χ1) is 15.1. The molecule has 1 saturated heterocycles. The fourth-order valence-corrected chi connectivity index (χ4v) is 3.71. The average Bonchev–Trinajstić information content (AvgIpc) is 3.25. The van der Waals surface area contributed by atoms with Crippen LogP contribution in [0.2, 0.25) is 0 Å². The fourth-order valence-electron chi connectivity index (χ4n) is 3.71. The normalized spacial score (nSPS) is 14.2. The minimum absolute atomic E-state index is 0.0320. The third-order valence-corrected chi connectivity index (χ3v) is 5.38. The summed E-state index contributed by atoms with van der Waals surface area (Å²) in [5.41, 5.74) is 1.91. The van der Waals surface area contributed by atoms with E-state index >= 15 is 0 Å². The zero-order chi connectivity index (χ0) is 21.4. The van der Waals surface area contributed by atoms with Crippen molar-refractivity contribution in [1.82, 2.24) is 25.0 Å². The van der Waals surface area contributed by atoms with Gasteiger partial charge in [-0.1, -0.05) is 29.4 Å². The Hall–Kier alpha value is -4.01. The van der Waals surface area contributed by atoms with E-state index in [2.05, 4.69) is 20.1 Å². The highest BCUT2D eigenvalue weighted by molar-refractivity contribution is 5.94. The predicted molar refractivity (Wildman–Crippen MR) is 115 cm³/mol. The Morgan fingerprint density at radius 1 is 1.00 bits per heavy atom. The van der Waals surface area contributed by atoms with Gasteiger partial charge in [-0.2, -0.15) is 4.98 Å². The number of para-hydroxylation sites is 1. The lowest BCUT2D eigenvalue weighted by atomic mass is 10.1. The minimum atomic E-state index is -0.156. The number of aromatic amines is 1. The molecule has 1 aliphatic heterocycles. The van der Waals surface area contributed by atoms with Gasteiger partial charge in [-0.3, -0.25) is 14.6 Å². The second-order valence-corrected chi connectivity index (χ2v) is 7.40. The Morgan fingerprint density at radius 3 is 2.45 bits per heavy atom. The maximum Gasteiger partial charge on any atom is 0.260 e. The number of anilines is 1. The molecular formula is C22H20N6O3. The van der Waals surface area contributed by atoms with Gasteiger partial charge in [0.25, 0.3) is 11.5 Å². The third kappa shape index (κ3) is 3.65. The third-order valence-electron chi connectivity index (χ3n) is 5.38. The number of piperazine rings is 1. The van der Waals surface area contributed by atoms with E-state index in [4.69, 9.17) is 4.52 Å². The van der Waals surface area contributed by atoms with Crippen molar-refractivity contribution in [3.63, 3.8) is 0 Å². The molecule has 1 amide bonds. The van der Waals surface area contributed by atoms with Gasteiger partial charge in [0.2, 0.25) is 17.7 Å². The van der Waals surface area contributed by atoms with Crippen LogP contribution in [-0.4, -0.2) is 57.1 Å². The van der Waals surface area contributed by atoms with Crippen molar-refractivity contribution in [3.05, 3.63) is 70.3 Å². The molecule has 0 aliphatic carbocycles. The lowest BCUT2D eigenvalue weighted by molar-refractivity contribution is 0.0746. The highest BCUT2D eigenvalue weighted by Gasteiger charge is 2.24.